The number of carbonyl (C=O) groups is 2. The number of benzene rings is 1. The van der Waals surface area contributed by atoms with E-state index in [4.69, 9.17) is 10.5 Å². The van der Waals surface area contributed by atoms with Crippen molar-refractivity contribution < 1.29 is 14.3 Å². The molecule has 5 nitrogen and oxygen atoms in total. The molecule has 1 rings (SSSR count). The van der Waals surface area contributed by atoms with Gasteiger partial charge in [0, 0.05) is 7.11 Å². The number of amides is 2. The number of hydrogen-bond donors (Lipinski definition) is 2. The van der Waals surface area contributed by atoms with Crippen LogP contribution in [0.2, 0.25) is 0 Å². The van der Waals surface area contributed by atoms with Gasteiger partial charge in [-0.25, -0.2) is 0 Å². The Bertz CT molecular complexity index is 485. The first-order chi connectivity index (χ1) is 9.45. The van der Waals surface area contributed by atoms with E-state index in [1.807, 2.05) is 18.2 Å². The van der Waals surface area contributed by atoms with Gasteiger partial charge in [-0.15, -0.1) is 6.58 Å². The van der Waals surface area contributed by atoms with E-state index in [-0.39, 0.29) is 0 Å². The van der Waals surface area contributed by atoms with Crippen molar-refractivity contribution in [3.63, 3.8) is 0 Å². The average Bonchev–Trinajstić information content (AvgIpc) is 2.39. The van der Waals surface area contributed by atoms with Crippen molar-refractivity contribution in [1.82, 2.24) is 5.32 Å². The molecular formula is C15H20N2O3. The van der Waals surface area contributed by atoms with Gasteiger partial charge in [-0.3, -0.25) is 9.59 Å². The second-order valence-corrected chi connectivity index (χ2v) is 4.65. The first-order valence-electron chi connectivity index (χ1n) is 6.27. The quantitative estimate of drug-likeness (QED) is 0.737. The molecule has 0 fully saturated rings. The van der Waals surface area contributed by atoms with Crippen LogP contribution in [-0.2, 0) is 14.3 Å². The molecule has 0 unspecified atom stereocenters. The van der Waals surface area contributed by atoms with Crippen molar-refractivity contribution in [2.24, 2.45) is 5.73 Å². The predicted molar refractivity (Wildman–Crippen MR) is 76.7 cm³/mol. The molecule has 1 aromatic rings. The zero-order valence-corrected chi connectivity index (χ0v) is 11.8. The molecule has 0 radical (unpaired) electrons. The van der Waals surface area contributed by atoms with Gasteiger partial charge >= 0.3 is 0 Å². The Balaban J connectivity index is 2.81. The largest absolute Gasteiger partial charge is 0.368 e. The van der Waals surface area contributed by atoms with Crippen molar-refractivity contribution in [1.29, 1.82) is 0 Å². The van der Waals surface area contributed by atoms with Crippen molar-refractivity contribution in [3.8, 4) is 0 Å². The topological polar surface area (TPSA) is 81.4 Å². The summed E-state index contributed by atoms with van der Waals surface area (Å²) in [6.07, 6.45) is -0.463. The third kappa shape index (κ3) is 4.51. The van der Waals surface area contributed by atoms with Crippen LogP contribution in [-0.4, -0.2) is 25.0 Å². The van der Waals surface area contributed by atoms with Crippen molar-refractivity contribution >= 4 is 11.8 Å². The van der Waals surface area contributed by atoms with Gasteiger partial charge in [0.05, 0.1) is 0 Å². The lowest BCUT2D eigenvalue weighted by Gasteiger charge is -2.20. The molecule has 1 aromatic carbocycles. The van der Waals surface area contributed by atoms with E-state index < -0.39 is 24.0 Å². The Hall–Kier alpha value is -2.14. The van der Waals surface area contributed by atoms with E-state index in [2.05, 4.69) is 11.9 Å². The summed E-state index contributed by atoms with van der Waals surface area (Å²) in [7, 11) is 1.44. The lowest BCUT2D eigenvalue weighted by atomic mass is 10.1. The molecule has 0 aliphatic carbocycles. The van der Waals surface area contributed by atoms with Crippen LogP contribution >= 0.6 is 0 Å². The van der Waals surface area contributed by atoms with Gasteiger partial charge in [0.25, 0.3) is 5.91 Å². The van der Waals surface area contributed by atoms with Crippen LogP contribution in [0.15, 0.2) is 42.5 Å². The molecule has 0 aliphatic heterocycles. The van der Waals surface area contributed by atoms with Crippen LogP contribution in [0.5, 0.6) is 0 Å². The monoisotopic (exact) mass is 276 g/mol. The molecule has 0 spiro atoms. The van der Waals surface area contributed by atoms with Crippen LogP contribution in [0.4, 0.5) is 0 Å². The molecule has 2 amide bonds. The molecule has 20 heavy (non-hydrogen) atoms. The summed E-state index contributed by atoms with van der Waals surface area (Å²) in [6.45, 7) is 5.49. The Morgan fingerprint density at radius 1 is 1.35 bits per heavy atom. The summed E-state index contributed by atoms with van der Waals surface area (Å²) in [4.78, 5) is 23.5. The average molecular weight is 276 g/mol. The van der Waals surface area contributed by atoms with E-state index in [1.165, 1.54) is 7.11 Å². The Kier molecular flexibility index (Phi) is 5.93. The third-order valence-corrected chi connectivity index (χ3v) is 2.79. The molecule has 0 aromatic heterocycles. The molecule has 0 heterocycles. The number of nitrogens with two attached hydrogens (primary N) is 1. The standard InChI is InChI=1S/C15H20N2O3/c1-10(2)9-12(14(16)18)17-15(19)13(20-3)11-7-5-4-6-8-11/h4-8,12-13H,1,9H2,2-3H3,(H2,16,18)(H,17,19)/t12-,13-/m1/s1. The molecule has 0 bridgehead atoms. The maximum atomic E-state index is 12.2. The number of carbonyl (C=O) groups excluding carboxylic acids is 2. The summed E-state index contributed by atoms with van der Waals surface area (Å²) >= 11 is 0. The summed E-state index contributed by atoms with van der Waals surface area (Å²) in [5.41, 5.74) is 6.76. The molecule has 0 saturated carbocycles. The van der Waals surface area contributed by atoms with E-state index in [0.717, 1.165) is 5.57 Å². The van der Waals surface area contributed by atoms with Gasteiger partial charge in [-0.1, -0.05) is 35.9 Å². The van der Waals surface area contributed by atoms with E-state index in [1.54, 1.807) is 19.1 Å². The predicted octanol–water partition coefficient (Wildman–Crippen LogP) is 1.31. The summed E-state index contributed by atoms with van der Waals surface area (Å²) < 4.78 is 5.20. The molecule has 5 heteroatoms. The first-order valence-corrected chi connectivity index (χ1v) is 6.27. The minimum atomic E-state index is -0.777. The number of nitrogens with one attached hydrogen (secondary N) is 1. The normalized spacial score (nSPS) is 13.3. The summed E-state index contributed by atoms with van der Waals surface area (Å²) in [5.74, 6) is -0.993. The van der Waals surface area contributed by atoms with Gasteiger partial charge in [-0.05, 0) is 18.9 Å². The molecule has 108 valence electrons. The number of ether oxygens (including phenoxy) is 1. The smallest absolute Gasteiger partial charge is 0.254 e. The molecule has 0 aliphatic rings. The minimum Gasteiger partial charge on any atom is -0.368 e. The Morgan fingerprint density at radius 3 is 2.40 bits per heavy atom. The SMILES string of the molecule is C=C(C)C[C@@H](NC(=O)[C@H](OC)c1ccccc1)C(N)=O. The van der Waals surface area contributed by atoms with Crippen LogP contribution in [0.1, 0.15) is 25.0 Å². The molecular weight excluding hydrogens is 256 g/mol. The molecule has 0 saturated heterocycles. The number of hydrogen-bond acceptors (Lipinski definition) is 3. The Morgan fingerprint density at radius 2 is 1.95 bits per heavy atom. The minimum absolute atomic E-state index is 0.312. The second-order valence-electron chi connectivity index (χ2n) is 4.65. The van der Waals surface area contributed by atoms with E-state index in [0.29, 0.717) is 12.0 Å². The third-order valence-electron chi connectivity index (χ3n) is 2.79. The van der Waals surface area contributed by atoms with Gasteiger partial charge in [0.2, 0.25) is 5.91 Å². The maximum absolute atomic E-state index is 12.2. The van der Waals surface area contributed by atoms with Crippen molar-refractivity contribution in [2.45, 2.75) is 25.5 Å². The van der Waals surface area contributed by atoms with Crippen molar-refractivity contribution in [2.75, 3.05) is 7.11 Å². The highest BCUT2D eigenvalue weighted by Gasteiger charge is 2.25. The fraction of sp³-hybridized carbons (Fsp3) is 0.333. The lowest BCUT2D eigenvalue weighted by Crippen LogP contribution is -2.46. The highest BCUT2D eigenvalue weighted by molar-refractivity contribution is 5.89. The van der Waals surface area contributed by atoms with Crippen LogP contribution in [0, 0.1) is 0 Å². The fourth-order valence-electron chi connectivity index (χ4n) is 1.84. The summed E-state index contributed by atoms with van der Waals surface area (Å²) in [6, 6.07) is 8.27. The maximum Gasteiger partial charge on any atom is 0.254 e. The van der Waals surface area contributed by atoms with Gasteiger partial charge in [0.15, 0.2) is 6.10 Å². The number of primary amides is 1. The molecule has 2 atom stereocenters. The number of methoxy groups -OCH3 is 1. The van der Waals surface area contributed by atoms with Crippen LogP contribution < -0.4 is 11.1 Å². The first kappa shape index (κ1) is 15.9. The zero-order valence-electron chi connectivity index (χ0n) is 11.8. The summed E-state index contributed by atoms with van der Waals surface area (Å²) in [5, 5.41) is 2.60. The van der Waals surface area contributed by atoms with Gasteiger partial charge in [0.1, 0.15) is 6.04 Å². The van der Waals surface area contributed by atoms with E-state index in [9.17, 15) is 9.59 Å². The number of rotatable bonds is 7. The van der Waals surface area contributed by atoms with Gasteiger partial charge in [-0.2, -0.15) is 0 Å². The zero-order chi connectivity index (χ0) is 15.1. The Labute approximate surface area is 118 Å². The highest BCUT2D eigenvalue weighted by atomic mass is 16.5. The molecule has 3 N–H and O–H groups in total. The lowest BCUT2D eigenvalue weighted by molar-refractivity contribution is -0.134. The van der Waals surface area contributed by atoms with E-state index >= 15 is 0 Å². The fourth-order valence-corrected chi connectivity index (χ4v) is 1.84. The van der Waals surface area contributed by atoms with Crippen molar-refractivity contribution in [3.05, 3.63) is 48.0 Å². The highest BCUT2D eigenvalue weighted by Crippen LogP contribution is 2.17. The second kappa shape index (κ2) is 7.45. The van der Waals surface area contributed by atoms with Crippen LogP contribution in [0.3, 0.4) is 0 Å². The van der Waals surface area contributed by atoms with Crippen LogP contribution in [0.25, 0.3) is 0 Å². The van der Waals surface area contributed by atoms with Gasteiger partial charge < -0.3 is 15.8 Å².